The molecule has 1 fully saturated rings. The number of esters is 2. The van der Waals surface area contributed by atoms with E-state index < -0.39 is 25.4 Å². The molecule has 0 heterocycles. The summed E-state index contributed by atoms with van der Waals surface area (Å²) in [5.74, 6) is 0.0704. The van der Waals surface area contributed by atoms with Gasteiger partial charge in [-0.2, -0.15) is 0 Å². The molecule has 1 aliphatic carbocycles. The molecule has 0 aromatic heterocycles. The molecule has 0 amide bonds. The van der Waals surface area contributed by atoms with Gasteiger partial charge in [-0.25, -0.2) is 0 Å². The van der Waals surface area contributed by atoms with Crippen molar-refractivity contribution in [3.63, 3.8) is 0 Å². The molecular weight excluding hydrogens is 344 g/mol. The Kier molecular flexibility index (Phi) is 9.35. The van der Waals surface area contributed by atoms with Crippen molar-refractivity contribution in [2.45, 2.75) is 90.4 Å². The summed E-state index contributed by atoms with van der Waals surface area (Å²) in [5, 5.41) is 0. The molecule has 0 aromatic carbocycles. The highest BCUT2D eigenvalue weighted by Gasteiger charge is 2.57. The average Bonchev–Trinajstić information content (AvgIpc) is 3.04. The highest BCUT2D eigenvalue weighted by atomic mass is 28.3. The zero-order chi connectivity index (χ0) is 19.8. The van der Waals surface area contributed by atoms with E-state index >= 15 is 0 Å². The van der Waals surface area contributed by atoms with Crippen molar-refractivity contribution in [2.24, 2.45) is 17.3 Å². The summed E-state index contributed by atoms with van der Waals surface area (Å²) in [6, 6.07) is 5.06. The molecule has 152 valence electrons. The van der Waals surface area contributed by atoms with Crippen molar-refractivity contribution in [1.82, 2.24) is 0 Å². The molecule has 0 saturated heterocycles. The number of ether oxygens (including phenoxy) is 2. The maximum absolute atomic E-state index is 12.6. The fraction of sp³-hybridized carbons (Fsp3) is 0.905. The minimum atomic E-state index is -1.33. The van der Waals surface area contributed by atoms with E-state index in [0.29, 0.717) is 24.7 Å². The van der Waals surface area contributed by atoms with Crippen LogP contribution in [0.4, 0.5) is 0 Å². The highest BCUT2D eigenvalue weighted by molar-refractivity contribution is 6.79. The zero-order valence-electron chi connectivity index (χ0n) is 17.9. The Balaban J connectivity index is 3.13. The second kappa shape index (κ2) is 10.5. The maximum atomic E-state index is 12.6. The van der Waals surface area contributed by atoms with Crippen LogP contribution in [-0.2, 0) is 19.1 Å². The van der Waals surface area contributed by atoms with Crippen molar-refractivity contribution in [3.8, 4) is 0 Å². The SMILES string of the molecule is CCCCC[C@H]1CC(C(=O)OC)(C(=O)OC)C[C@@H]1C[Si](CC)(CC)CC. The summed E-state index contributed by atoms with van der Waals surface area (Å²) in [7, 11) is 1.44. The first-order valence-electron chi connectivity index (χ1n) is 10.5. The van der Waals surface area contributed by atoms with E-state index in [4.69, 9.17) is 9.47 Å². The number of carbonyl (C=O) groups excluding carboxylic acids is 2. The number of unbranched alkanes of at least 4 members (excludes halogenated alkanes) is 2. The van der Waals surface area contributed by atoms with Crippen molar-refractivity contribution >= 4 is 20.0 Å². The molecule has 0 unspecified atom stereocenters. The Bertz CT molecular complexity index is 435. The zero-order valence-corrected chi connectivity index (χ0v) is 18.9. The molecule has 2 atom stereocenters. The van der Waals surface area contributed by atoms with Crippen LogP contribution in [0.2, 0.25) is 24.2 Å². The number of carbonyl (C=O) groups is 2. The van der Waals surface area contributed by atoms with Crippen LogP contribution in [0.15, 0.2) is 0 Å². The smallest absolute Gasteiger partial charge is 0.323 e. The van der Waals surface area contributed by atoms with Gasteiger partial charge in [0.25, 0.3) is 0 Å². The second-order valence-electron chi connectivity index (χ2n) is 8.25. The lowest BCUT2D eigenvalue weighted by Gasteiger charge is -2.33. The van der Waals surface area contributed by atoms with Crippen molar-refractivity contribution in [3.05, 3.63) is 0 Å². The molecule has 0 N–H and O–H groups in total. The monoisotopic (exact) mass is 384 g/mol. The highest BCUT2D eigenvalue weighted by Crippen LogP contribution is 2.52. The minimum Gasteiger partial charge on any atom is -0.468 e. The maximum Gasteiger partial charge on any atom is 0.323 e. The number of methoxy groups -OCH3 is 2. The Morgan fingerprint density at radius 2 is 1.38 bits per heavy atom. The lowest BCUT2D eigenvalue weighted by Crippen LogP contribution is -2.40. The van der Waals surface area contributed by atoms with Gasteiger partial charge in [-0.3, -0.25) is 9.59 Å². The van der Waals surface area contributed by atoms with E-state index in [0.717, 1.165) is 6.42 Å². The molecule has 1 aliphatic rings. The predicted molar refractivity (Wildman–Crippen MR) is 109 cm³/mol. The lowest BCUT2D eigenvalue weighted by atomic mass is 9.84. The molecule has 26 heavy (non-hydrogen) atoms. The van der Waals surface area contributed by atoms with Crippen molar-refractivity contribution in [2.75, 3.05) is 14.2 Å². The van der Waals surface area contributed by atoms with Crippen LogP contribution in [0.25, 0.3) is 0 Å². The molecule has 1 rings (SSSR count). The Morgan fingerprint density at radius 1 is 0.885 bits per heavy atom. The topological polar surface area (TPSA) is 52.6 Å². The first-order chi connectivity index (χ1) is 12.4. The van der Waals surface area contributed by atoms with Crippen molar-refractivity contribution in [1.29, 1.82) is 0 Å². The predicted octanol–water partition coefficient (Wildman–Crippen LogP) is 5.43. The molecule has 5 heteroatoms. The number of hydrogen-bond donors (Lipinski definition) is 0. The van der Waals surface area contributed by atoms with Gasteiger partial charge < -0.3 is 9.47 Å². The normalized spacial score (nSPS) is 22.2. The Morgan fingerprint density at radius 3 is 1.81 bits per heavy atom. The van der Waals surface area contributed by atoms with Gasteiger partial charge in [0.15, 0.2) is 5.41 Å². The third-order valence-electron chi connectivity index (χ3n) is 7.16. The van der Waals surface area contributed by atoms with Crippen molar-refractivity contribution < 1.29 is 19.1 Å². The molecule has 0 bridgehead atoms. The van der Waals surface area contributed by atoms with Crippen LogP contribution in [0, 0.1) is 17.3 Å². The molecule has 0 aliphatic heterocycles. The lowest BCUT2D eigenvalue weighted by molar-refractivity contribution is -0.169. The van der Waals surface area contributed by atoms with Crippen LogP contribution < -0.4 is 0 Å². The quantitative estimate of drug-likeness (QED) is 0.206. The average molecular weight is 385 g/mol. The van der Waals surface area contributed by atoms with Gasteiger partial charge >= 0.3 is 11.9 Å². The fourth-order valence-electron chi connectivity index (χ4n) is 5.09. The molecule has 1 saturated carbocycles. The van der Waals surface area contributed by atoms with Gasteiger partial charge in [-0.05, 0) is 24.7 Å². The molecule has 0 radical (unpaired) electrons. The van der Waals surface area contributed by atoms with E-state index in [1.165, 1.54) is 57.7 Å². The summed E-state index contributed by atoms with van der Waals surface area (Å²) in [5.41, 5.74) is -1.08. The van der Waals surface area contributed by atoms with E-state index in [-0.39, 0.29) is 0 Å². The standard InChI is InChI=1S/C21H40O4Si/c1-7-11-12-13-17-14-21(19(22)24-5,20(23)25-6)15-18(17)16-26(8-2,9-3)10-4/h17-18H,7-16H2,1-6H3/t17-,18+/m0/s1. The molecule has 0 spiro atoms. The van der Waals surface area contributed by atoms with Gasteiger partial charge in [0.05, 0.1) is 22.3 Å². The van der Waals surface area contributed by atoms with Gasteiger partial charge in [0.1, 0.15) is 0 Å². The number of hydrogen-bond acceptors (Lipinski definition) is 4. The third kappa shape index (κ3) is 4.90. The van der Waals surface area contributed by atoms with E-state index in [1.807, 2.05) is 0 Å². The van der Waals surface area contributed by atoms with Crippen LogP contribution >= 0.6 is 0 Å². The first kappa shape index (κ1) is 23.2. The van der Waals surface area contributed by atoms with Crippen LogP contribution in [-0.4, -0.2) is 34.2 Å². The van der Waals surface area contributed by atoms with Crippen LogP contribution in [0.3, 0.4) is 0 Å². The minimum absolute atomic E-state index is 0.399. The largest absolute Gasteiger partial charge is 0.468 e. The van der Waals surface area contributed by atoms with E-state index in [1.54, 1.807) is 0 Å². The molecular formula is C21H40O4Si. The van der Waals surface area contributed by atoms with Gasteiger partial charge in [0.2, 0.25) is 0 Å². The third-order valence-corrected chi connectivity index (χ3v) is 13.1. The summed E-state index contributed by atoms with van der Waals surface area (Å²) < 4.78 is 10.1. The van der Waals surface area contributed by atoms with Gasteiger partial charge in [-0.15, -0.1) is 0 Å². The van der Waals surface area contributed by atoms with Gasteiger partial charge in [-0.1, -0.05) is 77.6 Å². The molecule has 0 aromatic rings. The summed E-state index contributed by atoms with van der Waals surface area (Å²) in [4.78, 5) is 25.2. The summed E-state index contributed by atoms with van der Waals surface area (Å²) in [6.45, 7) is 9.19. The fourth-order valence-corrected chi connectivity index (χ4v) is 9.05. The van der Waals surface area contributed by atoms with E-state index in [2.05, 4.69) is 27.7 Å². The second-order valence-corrected chi connectivity index (χ2v) is 13.8. The van der Waals surface area contributed by atoms with Crippen LogP contribution in [0.1, 0.15) is 66.2 Å². The summed E-state index contributed by atoms with van der Waals surface area (Å²) >= 11 is 0. The first-order valence-corrected chi connectivity index (χ1v) is 13.4. The number of rotatable bonds is 11. The van der Waals surface area contributed by atoms with E-state index in [9.17, 15) is 9.59 Å². The van der Waals surface area contributed by atoms with Gasteiger partial charge in [0, 0.05) is 0 Å². The Hall–Kier alpha value is -0.843. The molecule has 4 nitrogen and oxygen atoms in total. The Labute approximate surface area is 161 Å². The summed E-state index contributed by atoms with van der Waals surface area (Å²) in [6.07, 6.45) is 5.89. The van der Waals surface area contributed by atoms with Crippen LogP contribution in [0.5, 0.6) is 0 Å².